The maximum Gasteiger partial charge on any atom is 0.341 e. The first kappa shape index (κ1) is 13.7. The molecule has 0 unspecified atom stereocenters. The van der Waals surface area contributed by atoms with Crippen molar-refractivity contribution < 1.29 is 18.7 Å². The van der Waals surface area contributed by atoms with Gasteiger partial charge in [-0.3, -0.25) is 0 Å². The minimum absolute atomic E-state index is 0.375. The lowest BCUT2D eigenvalue weighted by molar-refractivity contribution is 0.0600. The molecule has 5 nitrogen and oxygen atoms in total. The Morgan fingerprint density at radius 3 is 2.94 bits per heavy atom. The van der Waals surface area contributed by atoms with Crippen LogP contribution < -0.4 is 5.32 Å². The molecule has 0 radical (unpaired) electrons. The van der Waals surface area contributed by atoms with Crippen molar-refractivity contribution in [3.05, 3.63) is 23.7 Å². The van der Waals surface area contributed by atoms with E-state index in [-0.39, 0.29) is 5.97 Å². The molecule has 0 amide bonds. The van der Waals surface area contributed by atoms with Crippen LogP contribution in [0.25, 0.3) is 0 Å². The van der Waals surface area contributed by atoms with Gasteiger partial charge in [0.15, 0.2) is 0 Å². The second-order valence-electron chi connectivity index (χ2n) is 3.67. The highest BCUT2D eigenvalue weighted by atomic mass is 16.5. The minimum Gasteiger partial charge on any atom is -0.467 e. The highest BCUT2D eigenvalue weighted by Crippen LogP contribution is 2.08. The SMILES string of the molecule is COCCCCNCc1cc(C(=O)OC)co1. The Bertz CT molecular complexity index is 335. The van der Waals surface area contributed by atoms with Crippen LogP contribution in [0.2, 0.25) is 0 Å². The molecular weight excluding hydrogens is 222 g/mol. The van der Waals surface area contributed by atoms with Gasteiger partial charge in [-0.25, -0.2) is 4.79 Å². The second-order valence-corrected chi connectivity index (χ2v) is 3.67. The van der Waals surface area contributed by atoms with Crippen LogP contribution in [0, 0.1) is 0 Å². The van der Waals surface area contributed by atoms with E-state index in [1.165, 1.54) is 13.4 Å². The zero-order valence-corrected chi connectivity index (χ0v) is 10.3. The molecule has 0 aliphatic rings. The smallest absolute Gasteiger partial charge is 0.341 e. The Hall–Kier alpha value is -1.33. The summed E-state index contributed by atoms with van der Waals surface area (Å²) in [5.41, 5.74) is 0.448. The van der Waals surface area contributed by atoms with Crippen LogP contribution >= 0.6 is 0 Å². The third kappa shape index (κ3) is 5.01. The van der Waals surface area contributed by atoms with Gasteiger partial charge in [0.25, 0.3) is 0 Å². The quantitative estimate of drug-likeness (QED) is 0.553. The lowest BCUT2D eigenvalue weighted by Crippen LogP contribution is -2.14. The van der Waals surface area contributed by atoms with E-state index in [2.05, 4.69) is 10.1 Å². The summed E-state index contributed by atoms with van der Waals surface area (Å²) in [5, 5.41) is 3.23. The van der Waals surface area contributed by atoms with E-state index in [0.29, 0.717) is 12.1 Å². The summed E-state index contributed by atoms with van der Waals surface area (Å²) in [6.45, 7) is 2.30. The number of hydrogen-bond donors (Lipinski definition) is 1. The van der Waals surface area contributed by atoms with Crippen molar-refractivity contribution >= 4 is 5.97 Å². The predicted octanol–water partition coefficient (Wildman–Crippen LogP) is 1.58. The molecular formula is C12H19NO4. The highest BCUT2D eigenvalue weighted by Gasteiger charge is 2.09. The molecule has 0 fully saturated rings. The molecule has 17 heavy (non-hydrogen) atoms. The predicted molar refractivity (Wildman–Crippen MR) is 62.9 cm³/mol. The fourth-order valence-corrected chi connectivity index (χ4v) is 1.41. The Morgan fingerprint density at radius 2 is 2.24 bits per heavy atom. The van der Waals surface area contributed by atoms with Gasteiger partial charge in [-0.15, -0.1) is 0 Å². The van der Waals surface area contributed by atoms with Gasteiger partial charge in [-0.05, 0) is 25.5 Å². The molecule has 0 saturated heterocycles. The molecule has 0 bridgehead atoms. The van der Waals surface area contributed by atoms with Crippen molar-refractivity contribution in [1.29, 1.82) is 0 Å². The van der Waals surface area contributed by atoms with Crippen LogP contribution in [0.15, 0.2) is 16.7 Å². The first-order valence-corrected chi connectivity index (χ1v) is 5.63. The van der Waals surface area contributed by atoms with Crippen molar-refractivity contribution in [1.82, 2.24) is 5.32 Å². The molecule has 96 valence electrons. The third-order valence-corrected chi connectivity index (χ3v) is 2.33. The third-order valence-electron chi connectivity index (χ3n) is 2.33. The topological polar surface area (TPSA) is 60.7 Å². The normalized spacial score (nSPS) is 10.5. The van der Waals surface area contributed by atoms with E-state index >= 15 is 0 Å². The number of nitrogens with one attached hydrogen (secondary N) is 1. The number of rotatable bonds is 8. The Balaban J connectivity index is 2.19. The standard InChI is InChI=1S/C12H19NO4/c1-15-6-4-3-5-13-8-11-7-10(9-17-11)12(14)16-2/h7,9,13H,3-6,8H2,1-2H3. The summed E-state index contributed by atoms with van der Waals surface area (Å²) in [6.07, 6.45) is 3.50. The summed E-state index contributed by atoms with van der Waals surface area (Å²) in [7, 11) is 3.05. The van der Waals surface area contributed by atoms with Gasteiger partial charge < -0.3 is 19.2 Å². The lowest BCUT2D eigenvalue weighted by Gasteiger charge is -2.01. The molecule has 1 heterocycles. The number of unbranched alkanes of at least 4 members (excludes halogenated alkanes) is 1. The maximum atomic E-state index is 11.2. The summed E-state index contributed by atoms with van der Waals surface area (Å²) in [6, 6.07) is 1.69. The van der Waals surface area contributed by atoms with Gasteiger partial charge in [0.1, 0.15) is 12.0 Å². The molecule has 0 saturated carbocycles. The summed E-state index contributed by atoms with van der Waals surface area (Å²) >= 11 is 0. The Morgan fingerprint density at radius 1 is 1.41 bits per heavy atom. The molecule has 1 rings (SSSR count). The molecule has 1 N–H and O–H groups in total. The number of carbonyl (C=O) groups is 1. The fraction of sp³-hybridized carbons (Fsp3) is 0.583. The maximum absolute atomic E-state index is 11.2. The monoisotopic (exact) mass is 241 g/mol. The largest absolute Gasteiger partial charge is 0.467 e. The number of hydrogen-bond acceptors (Lipinski definition) is 5. The average molecular weight is 241 g/mol. The molecule has 1 aromatic heterocycles. The van der Waals surface area contributed by atoms with Crippen LogP contribution in [-0.2, 0) is 16.0 Å². The van der Waals surface area contributed by atoms with Gasteiger partial charge in [-0.2, -0.15) is 0 Å². The van der Waals surface area contributed by atoms with Gasteiger partial charge in [0.05, 0.1) is 19.2 Å². The summed E-state index contributed by atoms with van der Waals surface area (Å²) in [5.74, 6) is 0.359. The molecule has 0 aromatic carbocycles. The zero-order valence-electron chi connectivity index (χ0n) is 10.3. The van der Waals surface area contributed by atoms with E-state index in [1.807, 2.05) is 0 Å². The van der Waals surface area contributed by atoms with E-state index < -0.39 is 0 Å². The molecule has 0 spiro atoms. The van der Waals surface area contributed by atoms with Crippen molar-refractivity contribution in [3.63, 3.8) is 0 Å². The van der Waals surface area contributed by atoms with E-state index in [1.54, 1.807) is 13.2 Å². The Kier molecular flexibility index (Phi) is 6.35. The van der Waals surface area contributed by atoms with E-state index in [0.717, 1.165) is 31.8 Å². The summed E-state index contributed by atoms with van der Waals surface area (Å²) < 4.78 is 14.8. The van der Waals surface area contributed by atoms with E-state index in [4.69, 9.17) is 9.15 Å². The van der Waals surface area contributed by atoms with Crippen LogP contribution in [0.4, 0.5) is 0 Å². The zero-order chi connectivity index (χ0) is 12.5. The van der Waals surface area contributed by atoms with Crippen LogP contribution in [-0.4, -0.2) is 33.3 Å². The average Bonchev–Trinajstić information content (AvgIpc) is 2.81. The van der Waals surface area contributed by atoms with Crippen molar-refractivity contribution in [2.75, 3.05) is 27.4 Å². The number of ether oxygens (including phenoxy) is 2. The van der Waals surface area contributed by atoms with Crippen molar-refractivity contribution in [2.24, 2.45) is 0 Å². The minimum atomic E-state index is -0.375. The van der Waals surface area contributed by atoms with Gasteiger partial charge in [0, 0.05) is 13.7 Å². The van der Waals surface area contributed by atoms with Gasteiger partial charge >= 0.3 is 5.97 Å². The molecule has 5 heteroatoms. The first-order chi connectivity index (χ1) is 8.27. The number of furan rings is 1. The second kappa shape index (κ2) is 7.86. The van der Waals surface area contributed by atoms with Crippen LogP contribution in [0.5, 0.6) is 0 Å². The van der Waals surface area contributed by atoms with Crippen molar-refractivity contribution in [2.45, 2.75) is 19.4 Å². The Labute approximate surface area is 101 Å². The van der Waals surface area contributed by atoms with Crippen LogP contribution in [0.1, 0.15) is 29.0 Å². The van der Waals surface area contributed by atoms with Gasteiger partial charge in [0.2, 0.25) is 0 Å². The van der Waals surface area contributed by atoms with E-state index in [9.17, 15) is 4.79 Å². The molecule has 0 aliphatic carbocycles. The number of esters is 1. The lowest BCUT2D eigenvalue weighted by atomic mass is 10.3. The van der Waals surface area contributed by atoms with Crippen LogP contribution in [0.3, 0.4) is 0 Å². The number of methoxy groups -OCH3 is 2. The first-order valence-electron chi connectivity index (χ1n) is 5.63. The molecule has 0 aliphatic heterocycles. The highest BCUT2D eigenvalue weighted by molar-refractivity contribution is 5.88. The fourth-order valence-electron chi connectivity index (χ4n) is 1.41. The molecule has 0 atom stereocenters. The summed E-state index contributed by atoms with van der Waals surface area (Å²) in [4.78, 5) is 11.2. The molecule has 1 aromatic rings. The van der Waals surface area contributed by atoms with Gasteiger partial charge in [-0.1, -0.05) is 0 Å². The number of carbonyl (C=O) groups excluding carboxylic acids is 1. The van der Waals surface area contributed by atoms with Crippen molar-refractivity contribution in [3.8, 4) is 0 Å².